The van der Waals surface area contributed by atoms with E-state index in [0.717, 1.165) is 0 Å². The van der Waals surface area contributed by atoms with Crippen LogP contribution in [0.5, 0.6) is 0 Å². The van der Waals surface area contributed by atoms with E-state index in [-0.39, 0.29) is 16.1 Å². The quantitative estimate of drug-likeness (QED) is 0.671. The van der Waals surface area contributed by atoms with Crippen LogP contribution in [0.4, 0.5) is 0 Å². The van der Waals surface area contributed by atoms with Gasteiger partial charge in [0.05, 0.1) is 0 Å². The van der Waals surface area contributed by atoms with Crippen LogP contribution in [-0.2, 0) is 0 Å². The molecule has 11 heavy (non-hydrogen) atoms. The Morgan fingerprint density at radius 3 is 2.18 bits per heavy atom. The van der Waals surface area contributed by atoms with Gasteiger partial charge in [-0.3, -0.25) is 4.79 Å². The zero-order valence-electron chi connectivity index (χ0n) is 5.21. The van der Waals surface area contributed by atoms with Crippen molar-refractivity contribution < 1.29 is 4.79 Å². The van der Waals surface area contributed by atoms with Gasteiger partial charge in [-0.2, -0.15) is 0 Å². The lowest BCUT2D eigenvalue weighted by Gasteiger charge is -1.94. The Kier molecular flexibility index (Phi) is 2.26. The predicted octanol–water partition coefficient (Wildman–Crippen LogP) is 0.882. The Morgan fingerprint density at radius 1 is 1.36 bits per heavy atom. The zero-order chi connectivity index (χ0) is 8.43. The second-order valence-corrected chi connectivity index (χ2v) is 2.48. The second-order valence-electron chi connectivity index (χ2n) is 1.70. The molecule has 0 aliphatic carbocycles. The molecular weight excluding hydrogens is 189 g/mol. The average molecular weight is 192 g/mol. The third-order valence-electron chi connectivity index (χ3n) is 0.884. The van der Waals surface area contributed by atoms with Crippen molar-refractivity contribution in [2.24, 2.45) is 5.73 Å². The van der Waals surface area contributed by atoms with Crippen LogP contribution >= 0.6 is 23.2 Å². The molecular formula is C5H3Cl2N3O. The highest BCUT2D eigenvalue weighted by molar-refractivity contribution is 6.33. The minimum Gasteiger partial charge on any atom is -0.363 e. The number of nitrogens with zero attached hydrogens (tertiary/aromatic N) is 2. The van der Waals surface area contributed by atoms with Crippen molar-refractivity contribution in [3.63, 3.8) is 0 Å². The molecule has 0 saturated carbocycles. The lowest BCUT2D eigenvalue weighted by atomic mass is 10.5. The number of carbonyl (C=O) groups excluding carboxylic acids is 1. The van der Waals surface area contributed by atoms with Gasteiger partial charge in [0.2, 0.25) is 5.82 Å². The molecule has 2 N–H and O–H groups in total. The first-order chi connectivity index (χ1) is 5.09. The smallest absolute Gasteiger partial charge is 0.286 e. The zero-order valence-corrected chi connectivity index (χ0v) is 6.73. The van der Waals surface area contributed by atoms with Crippen molar-refractivity contribution in [1.82, 2.24) is 9.97 Å². The number of nitrogens with two attached hydrogens (primary N) is 1. The fourth-order valence-corrected chi connectivity index (χ4v) is 0.923. The molecule has 1 amide bonds. The fraction of sp³-hybridized carbons (Fsp3) is 0. The molecule has 1 aromatic rings. The standard InChI is InChI=1S/C5H3Cl2N3O/c6-2-1-3(7)10-5(9-2)4(8)11/h1H,(H2,8,11). The van der Waals surface area contributed by atoms with Gasteiger partial charge < -0.3 is 5.73 Å². The van der Waals surface area contributed by atoms with E-state index in [1.54, 1.807) is 0 Å². The first-order valence-electron chi connectivity index (χ1n) is 2.59. The monoisotopic (exact) mass is 191 g/mol. The molecule has 58 valence electrons. The van der Waals surface area contributed by atoms with Gasteiger partial charge in [0.15, 0.2) is 0 Å². The number of primary amides is 1. The van der Waals surface area contributed by atoms with Crippen LogP contribution in [0.15, 0.2) is 6.07 Å². The highest BCUT2D eigenvalue weighted by atomic mass is 35.5. The Balaban J connectivity index is 3.19. The highest BCUT2D eigenvalue weighted by Crippen LogP contribution is 2.10. The lowest BCUT2D eigenvalue weighted by molar-refractivity contribution is 0.0990. The second kappa shape index (κ2) is 3.02. The topological polar surface area (TPSA) is 68.9 Å². The number of halogens is 2. The van der Waals surface area contributed by atoms with E-state index in [1.165, 1.54) is 6.07 Å². The SMILES string of the molecule is NC(=O)c1nc(Cl)cc(Cl)n1. The first-order valence-corrected chi connectivity index (χ1v) is 3.35. The van der Waals surface area contributed by atoms with Crippen LogP contribution in [0.3, 0.4) is 0 Å². The molecule has 0 bridgehead atoms. The minimum atomic E-state index is -0.755. The third kappa shape index (κ3) is 2.03. The van der Waals surface area contributed by atoms with Crippen molar-refractivity contribution in [3.8, 4) is 0 Å². The molecule has 0 radical (unpaired) electrons. The molecule has 0 aromatic carbocycles. The molecule has 1 rings (SSSR count). The van der Waals surface area contributed by atoms with E-state index in [2.05, 4.69) is 9.97 Å². The molecule has 4 nitrogen and oxygen atoms in total. The first kappa shape index (κ1) is 8.23. The number of hydrogen-bond acceptors (Lipinski definition) is 3. The van der Waals surface area contributed by atoms with Crippen LogP contribution in [0.1, 0.15) is 10.6 Å². The van der Waals surface area contributed by atoms with E-state index < -0.39 is 5.91 Å². The normalized spacial score (nSPS) is 9.64. The molecule has 0 spiro atoms. The maximum absolute atomic E-state index is 10.5. The predicted molar refractivity (Wildman–Crippen MR) is 40.6 cm³/mol. The number of amides is 1. The van der Waals surface area contributed by atoms with Gasteiger partial charge in [0.1, 0.15) is 10.3 Å². The van der Waals surface area contributed by atoms with Crippen LogP contribution in [0.2, 0.25) is 10.3 Å². The number of hydrogen-bond donors (Lipinski definition) is 1. The van der Waals surface area contributed by atoms with Crippen molar-refractivity contribution in [3.05, 3.63) is 22.2 Å². The summed E-state index contributed by atoms with van der Waals surface area (Å²) in [5.74, 6) is -0.933. The van der Waals surface area contributed by atoms with E-state index >= 15 is 0 Å². The van der Waals surface area contributed by atoms with Gasteiger partial charge in [0, 0.05) is 6.07 Å². The van der Waals surface area contributed by atoms with Crippen molar-refractivity contribution in [1.29, 1.82) is 0 Å². The van der Waals surface area contributed by atoms with Crippen molar-refractivity contribution in [2.45, 2.75) is 0 Å². The van der Waals surface area contributed by atoms with Crippen LogP contribution in [0, 0.1) is 0 Å². The molecule has 6 heteroatoms. The molecule has 0 unspecified atom stereocenters. The van der Waals surface area contributed by atoms with Gasteiger partial charge in [0.25, 0.3) is 5.91 Å². The minimum absolute atomic E-state index is 0.0961. The van der Waals surface area contributed by atoms with E-state index in [1.807, 2.05) is 0 Å². The number of aromatic nitrogens is 2. The lowest BCUT2D eigenvalue weighted by Crippen LogP contribution is -2.15. The summed E-state index contributed by atoms with van der Waals surface area (Å²) in [4.78, 5) is 17.5. The molecule has 1 heterocycles. The Morgan fingerprint density at radius 2 is 1.82 bits per heavy atom. The number of carbonyl (C=O) groups is 1. The highest BCUT2D eigenvalue weighted by Gasteiger charge is 2.05. The van der Waals surface area contributed by atoms with Crippen molar-refractivity contribution >= 4 is 29.1 Å². The van der Waals surface area contributed by atoms with Crippen molar-refractivity contribution in [2.75, 3.05) is 0 Å². The maximum Gasteiger partial charge on any atom is 0.286 e. The molecule has 0 aliphatic rings. The van der Waals surface area contributed by atoms with E-state index in [9.17, 15) is 4.79 Å². The summed E-state index contributed by atoms with van der Waals surface area (Å²) >= 11 is 10.9. The summed E-state index contributed by atoms with van der Waals surface area (Å²) < 4.78 is 0. The van der Waals surface area contributed by atoms with E-state index in [4.69, 9.17) is 28.9 Å². The summed E-state index contributed by atoms with van der Waals surface area (Å²) in [6.07, 6.45) is 0. The Bertz CT molecular complexity index is 282. The number of rotatable bonds is 1. The molecule has 0 fully saturated rings. The van der Waals surface area contributed by atoms with E-state index in [0.29, 0.717) is 0 Å². The molecule has 0 atom stereocenters. The largest absolute Gasteiger partial charge is 0.363 e. The summed E-state index contributed by atoms with van der Waals surface area (Å²) in [7, 11) is 0. The molecule has 1 aromatic heterocycles. The van der Waals surface area contributed by atoms with Gasteiger partial charge in [-0.1, -0.05) is 23.2 Å². The Labute approximate surface area is 72.3 Å². The van der Waals surface area contributed by atoms with Crippen LogP contribution in [-0.4, -0.2) is 15.9 Å². The summed E-state index contributed by atoms with van der Waals surface area (Å²) in [5, 5.41) is 0.192. The molecule has 0 aliphatic heterocycles. The van der Waals surface area contributed by atoms with Gasteiger partial charge >= 0.3 is 0 Å². The summed E-state index contributed by atoms with van der Waals surface area (Å²) in [5.41, 5.74) is 4.87. The van der Waals surface area contributed by atoms with Crippen LogP contribution < -0.4 is 5.73 Å². The average Bonchev–Trinajstić information content (AvgIpc) is 1.85. The van der Waals surface area contributed by atoms with Gasteiger partial charge in [-0.25, -0.2) is 9.97 Å². The fourth-order valence-electron chi connectivity index (χ4n) is 0.500. The van der Waals surface area contributed by atoms with Gasteiger partial charge in [-0.15, -0.1) is 0 Å². The summed E-state index contributed by atoms with van der Waals surface area (Å²) in [6.45, 7) is 0. The Hall–Kier alpha value is -0.870. The van der Waals surface area contributed by atoms with Gasteiger partial charge in [-0.05, 0) is 0 Å². The molecule has 0 saturated heterocycles. The third-order valence-corrected chi connectivity index (χ3v) is 1.27. The summed E-state index contributed by atoms with van der Waals surface area (Å²) in [6, 6.07) is 1.32. The maximum atomic E-state index is 10.5. The van der Waals surface area contributed by atoms with Crippen LogP contribution in [0.25, 0.3) is 0 Å².